The van der Waals surface area contributed by atoms with Gasteiger partial charge in [0.05, 0.1) is 28.5 Å². The molecule has 0 spiro atoms. The van der Waals surface area contributed by atoms with Crippen LogP contribution < -0.4 is 10.2 Å². The molecule has 2 atom stereocenters. The molecule has 2 aromatic carbocycles. The normalized spacial score (nSPS) is 17.8. The summed E-state index contributed by atoms with van der Waals surface area (Å²) < 4.78 is 15.8. The van der Waals surface area contributed by atoms with E-state index in [9.17, 15) is 4.39 Å². The van der Waals surface area contributed by atoms with Crippen LogP contribution in [0.1, 0.15) is 34.7 Å². The molecule has 0 radical (unpaired) electrons. The summed E-state index contributed by atoms with van der Waals surface area (Å²) in [6, 6.07) is 19.4. The standard InChI is InChI=1S/C26H21Cl2FN4S/c1-15-13-20(16(2)32(15)23-11-6-17(27)14-21(23)28)25-24(22-5-3-4-12-30-22)31-26(34)33(25)19-9-7-18(29)8-10-19/h3-14,24-25H,1-2H3,(H,31,34)/t24-,25-/m1/s1. The molecule has 0 bridgehead atoms. The van der Waals surface area contributed by atoms with Crippen LogP contribution in [0.4, 0.5) is 10.1 Å². The van der Waals surface area contributed by atoms with Crippen LogP contribution in [0, 0.1) is 19.7 Å². The molecule has 0 aliphatic carbocycles. The van der Waals surface area contributed by atoms with Gasteiger partial charge in [0.25, 0.3) is 0 Å². The Hall–Kier alpha value is -2.93. The summed E-state index contributed by atoms with van der Waals surface area (Å²) in [7, 11) is 0. The minimum atomic E-state index is -0.296. The number of nitrogens with zero attached hydrogens (tertiary/aromatic N) is 3. The second kappa shape index (κ2) is 9.02. The van der Waals surface area contributed by atoms with Crippen LogP contribution in [0.25, 0.3) is 5.69 Å². The maximum absolute atomic E-state index is 13.7. The van der Waals surface area contributed by atoms with Crippen molar-refractivity contribution in [2.75, 3.05) is 4.90 Å². The summed E-state index contributed by atoms with van der Waals surface area (Å²) in [5.41, 5.74) is 5.63. The van der Waals surface area contributed by atoms with Crippen LogP contribution in [0.15, 0.2) is 72.9 Å². The van der Waals surface area contributed by atoms with Crippen molar-refractivity contribution in [2.24, 2.45) is 0 Å². The molecule has 2 aromatic heterocycles. The first-order valence-electron chi connectivity index (χ1n) is 10.8. The van der Waals surface area contributed by atoms with E-state index < -0.39 is 0 Å². The lowest BCUT2D eigenvalue weighted by atomic mass is 9.96. The molecule has 8 heteroatoms. The summed E-state index contributed by atoms with van der Waals surface area (Å²) in [5.74, 6) is -0.296. The Bertz CT molecular complexity index is 1370. The van der Waals surface area contributed by atoms with Crippen molar-refractivity contribution in [1.29, 1.82) is 0 Å². The maximum atomic E-state index is 13.7. The first-order chi connectivity index (χ1) is 16.3. The van der Waals surface area contributed by atoms with E-state index in [0.717, 1.165) is 34.0 Å². The zero-order valence-corrected chi connectivity index (χ0v) is 20.8. The minimum Gasteiger partial charge on any atom is -0.351 e. The molecule has 34 heavy (non-hydrogen) atoms. The second-order valence-corrected chi connectivity index (χ2v) is 9.46. The maximum Gasteiger partial charge on any atom is 0.174 e. The van der Waals surface area contributed by atoms with Crippen LogP contribution >= 0.6 is 35.4 Å². The Morgan fingerprint density at radius 1 is 1.00 bits per heavy atom. The van der Waals surface area contributed by atoms with Crippen molar-refractivity contribution >= 4 is 46.2 Å². The molecule has 1 aliphatic rings. The van der Waals surface area contributed by atoms with Crippen LogP contribution in [0.5, 0.6) is 0 Å². The Kier molecular flexibility index (Phi) is 6.06. The van der Waals surface area contributed by atoms with Crippen molar-refractivity contribution in [3.63, 3.8) is 0 Å². The molecule has 1 fully saturated rings. The van der Waals surface area contributed by atoms with Crippen LogP contribution in [-0.4, -0.2) is 14.7 Å². The van der Waals surface area contributed by atoms with Gasteiger partial charge in [-0.1, -0.05) is 29.3 Å². The van der Waals surface area contributed by atoms with E-state index in [-0.39, 0.29) is 17.9 Å². The average molecular weight is 511 g/mol. The molecule has 1 aliphatic heterocycles. The number of halogens is 3. The fraction of sp³-hybridized carbons (Fsp3) is 0.154. The molecule has 4 aromatic rings. The Balaban J connectivity index is 1.69. The zero-order valence-electron chi connectivity index (χ0n) is 18.5. The van der Waals surface area contributed by atoms with Crippen LogP contribution in [-0.2, 0) is 0 Å². The lowest BCUT2D eigenvalue weighted by Gasteiger charge is -2.28. The summed E-state index contributed by atoms with van der Waals surface area (Å²) in [6.45, 7) is 4.10. The number of benzene rings is 2. The van der Waals surface area contributed by atoms with Gasteiger partial charge in [-0.2, -0.15) is 0 Å². The molecule has 4 nitrogen and oxygen atoms in total. The zero-order chi connectivity index (χ0) is 24.0. The van der Waals surface area contributed by atoms with Gasteiger partial charge < -0.3 is 14.8 Å². The van der Waals surface area contributed by atoms with Crippen LogP contribution in [0.3, 0.4) is 0 Å². The highest BCUT2D eigenvalue weighted by Gasteiger charge is 2.42. The van der Waals surface area contributed by atoms with Gasteiger partial charge in [-0.25, -0.2) is 4.39 Å². The van der Waals surface area contributed by atoms with Crippen LogP contribution in [0.2, 0.25) is 10.0 Å². The number of aromatic nitrogens is 2. The number of hydrogen-bond donors (Lipinski definition) is 1. The number of anilines is 1. The highest BCUT2D eigenvalue weighted by molar-refractivity contribution is 7.80. The fourth-order valence-corrected chi connectivity index (χ4v) is 5.51. The number of aryl methyl sites for hydroxylation is 1. The number of pyridine rings is 1. The van der Waals surface area contributed by atoms with Gasteiger partial charge in [-0.3, -0.25) is 4.98 Å². The van der Waals surface area contributed by atoms with Crippen molar-refractivity contribution in [1.82, 2.24) is 14.9 Å². The van der Waals surface area contributed by atoms with Gasteiger partial charge in [0.2, 0.25) is 0 Å². The molecular formula is C26H21Cl2FN4S. The summed E-state index contributed by atoms with van der Waals surface area (Å²) in [4.78, 5) is 6.63. The smallest absolute Gasteiger partial charge is 0.174 e. The highest BCUT2D eigenvalue weighted by Crippen LogP contribution is 2.44. The van der Waals surface area contributed by atoms with E-state index in [1.54, 1.807) is 24.4 Å². The topological polar surface area (TPSA) is 33.1 Å². The monoisotopic (exact) mass is 510 g/mol. The molecular weight excluding hydrogens is 490 g/mol. The summed E-state index contributed by atoms with van der Waals surface area (Å²) in [6.07, 6.45) is 1.77. The second-order valence-electron chi connectivity index (χ2n) is 8.23. The van der Waals surface area contributed by atoms with Gasteiger partial charge in [-0.05, 0) is 92.3 Å². The lowest BCUT2D eigenvalue weighted by Crippen LogP contribution is -2.29. The number of hydrogen-bond acceptors (Lipinski definition) is 2. The molecule has 1 N–H and O–H groups in total. The third-order valence-corrected chi connectivity index (χ3v) is 6.99. The highest BCUT2D eigenvalue weighted by atomic mass is 35.5. The predicted octanol–water partition coefficient (Wildman–Crippen LogP) is 7.11. The van der Waals surface area contributed by atoms with E-state index in [1.807, 2.05) is 42.2 Å². The van der Waals surface area contributed by atoms with Gasteiger partial charge >= 0.3 is 0 Å². The first-order valence-corrected chi connectivity index (χ1v) is 11.9. The number of nitrogens with one attached hydrogen (secondary N) is 1. The lowest BCUT2D eigenvalue weighted by molar-refractivity contribution is 0.565. The molecule has 1 saturated heterocycles. The Morgan fingerprint density at radius 2 is 1.76 bits per heavy atom. The molecule has 0 amide bonds. The number of rotatable bonds is 4. The van der Waals surface area contributed by atoms with Crippen molar-refractivity contribution in [2.45, 2.75) is 25.9 Å². The SMILES string of the molecule is Cc1cc([C@@H]2[C@@H](c3ccccn3)NC(=S)N2c2ccc(F)cc2)c(C)n1-c1ccc(Cl)cc1Cl. The number of thiocarbonyl (C=S) groups is 1. The predicted molar refractivity (Wildman–Crippen MR) is 140 cm³/mol. The van der Waals surface area contributed by atoms with Crippen molar-refractivity contribution in [3.05, 3.63) is 111 Å². The van der Waals surface area contributed by atoms with Gasteiger partial charge in [0, 0.05) is 28.3 Å². The van der Waals surface area contributed by atoms with Crippen molar-refractivity contribution < 1.29 is 4.39 Å². The van der Waals surface area contributed by atoms with E-state index in [2.05, 4.69) is 27.9 Å². The minimum absolute atomic E-state index is 0.201. The first kappa shape index (κ1) is 22.8. The molecule has 3 heterocycles. The Morgan fingerprint density at radius 3 is 2.44 bits per heavy atom. The molecule has 172 valence electrons. The van der Waals surface area contributed by atoms with Gasteiger partial charge in [0.1, 0.15) is 5.82 Å². The summed E-state index contributed by atoms with van der Waals surface area (Å²) >= 11 is 18.5. The third-order valence-electron chi connectivity index (χ3n) is 6.14. The largest absolute Gasteiger partial charge is 0.351 e. The van der Waals surface area contributed by atoms with Crippen molar-refractivity contribution in [3.8, 4) is 5.69 Å². The van der Waals surface area contributed by atoms with Gasteiger partial charge in [-0.15, -0.1) is 0 Å². The quantitative estimate of drug-likeness (QED) is 0.296. The van der Waals surface area contributed by atoms with Gasteiger partial charge in [0.15, 0.2) is 5.11 Å². The molecule has 0 unspecified atom stereocenters. The third kappa shape index (κ3) is 3.96. The Labute approximate surface area is 213 Å². The molecule has 5 rings (SSSR count). The van der Waals surface area contributed by atoms with E-state index in [1.165, 1.54) is 12.1 Å². The van der Waals surface area contributed by atoms with E-state index in [0.29, 0.717) is 15.2 Å². The average Bonchev–Trinajstić information content (AvgIpc) is 3.31. The fourth-order valence-electron chi connectivity index (χ4n) is 4.67. The molecule has 0 saturated carbocycles. The van der Waals surface area contributed by atoms with E-state index >= 15 is 0 Å². The van der Waals surface area contributed by atoms with E-state index in [4.69, 9.17) is 35.4 Å². The summed E-state index contributed by atoms with van der Waals surface area (Å²) in [5, 5.41) is 5.15.